The molecule has 1 aliphatic heterocycles. The van der Waals surface area contributed by atoms with Gasteiger partial charge in [-0.25, -0.2) is 4.98 Å². The Labute approximate surface area is 181 Å². The molecule has 0 saturated carbocycles. The molecule has 4 rings (SSSR count). The van der Waals surface area contributed by atoms with E-state index >= 15 is 0 Å². The van der Waals surface area contributed by atoms with Crippen LogP contribution in [0, 0.1) is 0 Å². The van der Waals surface area contributed by atoms with Crippen LogP contribution >= 0.6 is 11.6 Å². The fourth-order valence-corrected chi connectivity index (χ4v) is 3.68. The Balaban J connectivity index is 1.53. The van der Waals surface area contributed by atoms with Gasteiger partial charge in [-0.05, 0) is 30.3 Å². The summed E-state index contributed by atoms with van der Waals surface area (Å²) in [7, 11) is 0. The molecular weight excluding hydrogens is 464 g/mol. The first-order valence-electron chi connectivity index (χ1n) is 9.29. The van der Waals surface area contributed by atoms with Gasteiger partial charge in [0.05, 0.1) is 28.4 Å². The molecule has 0 bridgehead atoms. The normalized spacial score (nSPS) is 15.1. The number of H-pyrrole nitrogens is 1. The highest BCUT2D eigenvalue weighted by atomic mass is 35.5. The van der Waals surface area contributed by atoms with Gasteiger partial charge in [-0.3, -0.25) is 9.69 Å². The average Bonchev–Trinajstić information content (AvgIpc) is 3.15. The summed E-state index contributed by atoms with van der Waals surface area (Å²) in [5.41, 5.74) is -1.42. The van der Waals surface area contributed by atoms with Crippen LogP contribution in [0.1, 0.15) is 28.4 Å². The summed E-state index contributed by atoms with van der Waals surface area (Å²) in [4.78, 5) is 19.2. The second kappa shape index (κ2) is 7.96. The molecule has 3 heterocycles. The van der Waals surface area contributed by atoms with Crippen LogP contribution in [0.3, 0.4) is 0 Å². The summed E-state index contributed by atoms with van der Waals surface area (Å²) < 4.78 is 83.2. The first-order chi connectivity index (χ1) is 14.9. The van der Waals surface area contributed by atoms with E-state index in [9.17, 15) is 31.1 Å². The zero-order chi connectivity index (χ0) is 23.3. The maximum atomic E-state index is 13.0. The maximum absolute atomic E-state index is 13.0. The average molecular weight is 478 g/mol. The van der Waals surface area contributed by atoms with Gasteiger partial charge in [0, 0.05) is 25.1 Å². The van der Waals surface area contributed by atoms with Gasteiger partial charge >= 0.3 is 12.4 Å². The molecule has 0 amide bonds. The Kier molecular flexibility index (Phi) is 5.58. The van der Waals surface area contributed by atoms with E-state index in [1.807, 2.05) is 0 Å². The molecule has 170 valence electrons. The lowest BCUT2D eigenvalue weighted by Gasteiger charge is -2.27. The second-order valence-electron chi connectivity index (χ2n) is 7.26. The van der Waals surface area contributed by atoms with Crippen LogP contribution in [-0.4, -0.2) is 21.4 Å². The molecule has 1 N–H and O–H groups in total. The van der Waals surface area contributed by atoms with E-state index in [4.69, 9.17) is 16.0 Å². The molecular formula is C20H14ClF6N3O2. The Hall–Kier alpha value is -2.79. The number of hydrogen-bond acceptors (Lipinski definition) is 4. The molecule has 1 aromatic carbocycles. The van der Waals surface area contributed by atoms with Crippen LogP contribution in [0.4, 0.5) is 26.3 Å². The zero-order valence-corrected chi connectivity index (χ0v) is 16.8. The predicted molar refractivity (Wildman–Crippen MR) is 102 cm³/mol. The standard InChI is InChI=1S/C20H14ClF6N3O2/c21-14-3-1-10(19(22,23)24)7-12(14)16-4-2-11(32-16)8-30-6-5-15-13(9-30)17(31)29-18(28-15)20(25,26)27/h1-4,7H,5-6,8-9H2,(H,28,29,31). The first kappa shape index (κ1) is 22.4. The number of alkyl halides is 6. The summed E-state index contributed by atoms with van der Waals surface area (Å²) in [5, 5.41) is 0.0869. The summed E-state index contributed by atoms with van der Waals surface area (Å²) in [6, 6.07) is 5.95. The van der Waals surface area contributed by atoms with Crippen LogP contribution in [0.2, 0.25) is 5.02 Å². The molecule has 12 heteroatoms. The van der Waals surface area contributed by atoms with Crippen molar-refractivity contribution < 1.29 is 30.8 Å². The molecule has 5 nitrogen and oxygen atoms in total. The molecule has 1 aliphatic rings. The van der Waals surface area contributed by atoms with E-state index in [1.165, 1.54) is 6.07 Å². The summed E-state index contributed by atoms with van der Waals surface area (Å²) in [6.45, 7) is 0.563. The molecule has 32 heavy (non-hydrogen) atoms. The highest BCUT2D eigenvalue weighted by Crippen LogP contribution is 2.36. The van der Waals surface area contributed by atoms with E-state index in [-0.39, 0.29) is 47.1 Å². The summed E-state index contributed by atoms with van der Waals surface area (Å²) in [5.74, 6) is -0.792. The first-order valence-corrected chi connectivity index (χ1v) is 9.67. The molecule has 2 aromatic heterocycles. The molecule has 0 spiro atoms. The minimum Gasteiger partial charge on any atom is -0.460 e. The van der Waals surface area contributed by atoms with Crippen molar-refractivity contribution in [1.82, 2.24) is 14.9 Å². The SMILES string of the molecule is O=c1[nH]c(C(F)(F)F)nc2c1CN(Cc1ccc(-c3cc(C(F)(F)F)ccc3Cl)o1)CC2. The molecule has 0 aliphatic carbocycles. The third-order valence-electron chi connectivity index (χ3n) is 5.02. The lowest BCUT2D eigenvalue weighted by molar-refractivity contribution is -0.145. The van der Waals surface area contributed by atoms with Crippen molar-refractivity contribution in [1.29, 1.82) is 0 Å². The van der Waals surface area contributed by atoms with Gasteiger partial charge in [-0.15, -0.1) is 0 Å². The minimum atomic E-state index is -4.75. The van der Waals surface area contributed by atoms with Crippen molar-refractivity contribution in [3.05, 3.63) is 74.1 Å². The van der Waals surface area contributed by atoms with Gasteiger partial charge in [0.15, 0.2) is 0 Å². The molecule has 0 saturated heterocycles. The van der Waals surface area contributed by atoms with Crippen LogP contribution in [0.5, 0.6) is 0 Å². The number of hydrogen-bond donors (Lipinski definition) is 1. The number of rotatable bonds is 3. The molecule has 0 radical (unpaired) electrons. The fraction of sp³-hybridized carbons (Fsp3) is 0.300. The van der Waals surface area contributed by atoms with Gasteiger partial charge in [-0.2, -0.15) is 26.3 Å². The van der Waals surface area contributed by atoms with Crippen LogP contribution in [-0.2, 0) is 31.9 Å². The van der Waals surface area contributed by atoms with Crippen molar-refractivity contribution >= 4 is 11.6 Å². The Bertz CT molecular complexity index is 1220. The van der Waals surface area contributed by atoms with Gasteiger partial charge in [0.1, 0.15) is 11.5 Å². The number of halogens is 7. The zero-order valence-electron chi connectivity index (χ0n) is 16.1. The molecule has 0 unspecified atom stereocenters. The summed E-state index contributed by atoms with van der Waals surface area (Å²) in [6.07, 6.45) is -9.15. The highest BCUT2D eigenvalue weighted by molar-refractivity contribution is 6.33. The Morgan fingerprint density at radius 3 is 2.53 bits per heavy atom. The Morgan fingerprint density at radius 1 is 1.09 bits per heavy atom. The minimum absolute atomic E-state index is 0.0517. The quantitative estimate of drug-likeness (QED) is 0.521. The second-order valence-corrected chi connectivity index (χ2v) is 7.66. The van der Waals surface area contributed by atoms with Gasteiger partial charge < -0.3 is 9.40 Å². The highest BCUT2D eigenvalue weighted by Gasteiger charge is 2.36. The lowest BCUT2D eigenvalue weighted by Crippen LogP contribution is -2.36. The number of benzene rings is 1. The van der Waals surface area contributed by atoms with E-state index in [0.717, 1.165) is 18.2 Å². The van der Waals surface area contributed by atoms with Crippen molar-refractivity contribution in [2.45, 2.75) is 31.9 Å². The summed E-state index contributed by atoms with van der Waals surface area (Å²) >= 11 is 6.04. The van der Waals surface area contributed by atoms with Crippen molar-refractivity contribution in [3.63, 3.8) is 0 Å². The predicted octanol–water partition coefficient (Wildman–Crippen LogP) is 5.28. The third kappa shape index (κ3) is 4.53. The van der Waals surface area contributed by atoms with E-state index in [2.05, 4.69) is 4.98 Å². The lowest BCUT2D eigenvalue weighted by atomic mass is 10.1. The van der Waals surface area contributed by atoms with Crippen LogP contribution in [0.25, 0.3) is 11.3 Å². The third-order valence-corrected chi connectivity index (χ3v) is 5.35. The van der Waals surface area contributed by atoms with E-state index in [0.29, 0.717) is 12.3 Å². The van der Waals surface area contributed by atoms with Gasteiger partial charge in [0.25, 0.3) is 5.56 Å². The molecule has 3 aromatic rings. The van der Waals surface area contributed by atoms with E-state index in [1.54, 1.807) is 16.0 Å². The molecule has 0 atom stereocenters. The monoisotopic (exact) mass is 477 g/mol. The van der Waals surface area contributed by atoms with Gasteiger partial charge in [-0.1, -0.05) is 11.6 Å². The fourth-order valence-electron chi connectivity index (χ4n) is 3.47. The number of furan rings is 1. The number of nitrogens with one attached hydrogen (secondary N) is 1. The number of nitrogens with zero attached hydrogens (tertiary/aromatic N) is 2. The van der Waals surface area contributed by atoms with Crippen LogP contribution < -0.4 is 5.56 Å². The van der Waals surface area contributed by atoms with Gasteiger partial charge in [0.2, 0.25) is 5.82 Å². The Morgan fingerprint density at radius 2 is 1.84 bits per heavy atom. The van der Waals surface area contributed by atoms with Crippen molar-refractivity contribution in [3.8, 4) is 11.3 Å². The maximum Gasteiger partial charge on any atom is 0.449 e. The largest absolute Gasteiger partial charge is 0.460 e. The molecule has 0 fully saturated rings. The van der Waals surface area contributed by atoms with Crippen LogP contribution in [0.15, 0.2) is 39.5 Å². The van der Waals surface area contributed by atoms with Crippen molar-refractivity contribution in [2.24, 2.45) is 0 Å². The number of aromatic amines is 1. The number of fused-ring (bicyclic) bond motifs is 1. The van der Waals surface area contributed by atoms with E-state index < -0.39 is 29.3 Å². The number of aromatic nitrogens is 2. The van der Waals surface area contributed by atoms with Crippen molar-refractivity contribution in [2.75, 3.05) is 6.54 Å². The smallest absolute Gasteiger partial charge is 0.449 e. The topological polar surface area (TPSA) is 62.1 Å².